The van der Waals surface area contributed by atoms with Gasteiger partial charge in [0.15, 0.2) is 0 Å². The van der Waals surface area contributed by atoms with E-state index in [1.807, 2.05) is 7.05 Å². The van der Waals surface area contributed by atoms with E-state index >= 15 is 0 Å². The molecule has 0 aromatic carbocycles. The van der Waals surface area contributed by atoms with Crippen LogP contribution in [0.2, 0.25) is 0 Å². The number of hydrogen-bond donors (Lipinski definition) is 1. The third kappa shape index (κ3) is 2.84. The maximum Gasteiger partial charge on any atom is 0.308 e. The highest BCUT2D eigenvalue weighted by Gasteiger charge is 2.45. The normalized spacial score (nSPS) is 23.7. The largest absolute Gasteiger partial charge is 0.481 e. The molecule has 0 aliphatic heterocycles. The van der Waals surface area contributed by atoms with Gasteiger partial charge in [0.05, 0.1) is 5.92 Å². The topological polar surface area (TPSA) is 40.5 Å². The Morgan fingerprint density at radius 1 is 1.75 bits per heavy atom. The summed E-state index contributed by atoms with van der Waals surface area (Å²) in [5.74, 6) is -0.796. The highest BCUT2D eigenvalue weighted by Crippen LogP contribution is 2.35. The first-order valence-corrected chi connectivity index (χ1v) is 6.91. The molecule has 1 saturated carbocycles. The Hall–Kier alpha value is -0.390. The van der Waals surface area contributed by atoms with E-state index in [9.17, 15) is 4.79 Å². The molecular formula is C11H14BrNO2S. The molecule has 1 N–H and O–H groups in total. The number of likely N-dealkylation sites (N-methyl/N-ethyl adjacent to an activating group) is 1. The van der Waals surface area contributed by atoms with Crippen LogP contribution in [0.25, 0.3) is 0 Å². The lowest BCUT2D eigenvalue weighted by atomic mass is 10.3. The van der Waals surface area contributed by atoms with Crippen molar-refractivity contribution >= 4 is 33.2 Å². The Labute approximate surface area is 107 Å². The fourth-order valence-electron chi connectivity index (χ4n) is 1.87. The van der Waals surface area contributed by atoms with Gasteiger partial charge in [-0.2, -0.15) is 0 Å². The van der Waals surface area contributed by atoms with Crippen LogP contribution in [-0.4, -0.2) is 35.6 Å². The molecule has 0 saturated heterocycles. The Balaban J connectivity index is 1.77. The number of carbonyl (C=O) groups is 1. The van der Waals surface area contributed by atoms with Crippen LogP contribution in [0.15, 0.2) is 15.9 Å². The van der Waals surface area contributed by atoms with Crippen LogP contribution in [-0.2, 0) is 11.2 Å². The summed E-state index contributed by atoms with van der Waals surface area (Å²) in [4.78, 5) is 14.2. The van der Waals surface area contributed by atoms with E-state index in [-0.39, 0.29) is 12.0 Å². The Morgan fingerprint density at radius 2 is 2.50 bits per heavy atom. The van der Waals surface area contributed by atoms with Crippen molar-refractivity contribution in [2.75, 3.05) is 13.6 Å². The second-order valence-electron chi connectivity index (χ2n) is 4.21. The molecule has 16 heavy (non-hydrogen) atoms. The van der Waals surface area contributed by atoms with Gasteiger partial charge in [-0.15, -0.1) is 11.3 Å². The van der Waals surface area contributed by atoms with Gasteiger partial charge < -0.3 is 10.0 Å². The molecule has 1 aliphatic rings. The minimum atomic E-state index is -0.657. The molecule has 3 nitrogen and oxygen atoms in total. The number of nitrogens with zero attached hydrogens (tertiary/aromatic N) is 1. The summed E-state index contributed by atoms with van der Waals surface area (Å²) >= 11 is 5.17. The molecule has 2 atom stereocenters. The molecule has 1 aromatic rings. The number of rotatable bonds is 5. The molecule has 0 bridgehead atoms. The zero-order valence-corrected chi connectivity index (χ0v) is 11.4. The summed E-state index contributed by atoms with van der Waals surface area (Å²) in [6, 6.07) is 2.38. The lowest BCUT2D eigenvalue weighted by Crippen LogP contribution is -2.26. The molecule has 2 rings (SSSR count). The van der Waals surface area contributed by atoms with E-state index in [4.69, 9.17) is 5.11 Å². The average molecular weight is 304 g/mol. The van der Waals surface area contributed by atoms with Crippen LogP contribution in [0.3, 0.4) is 0 Å². The quantitative estimate of drug-likeness (QED) is 0.908. The van der Waals surface area contributed by atoms with E-state index in [1.54, 1.807) is 11.3 Å². The van der Waals surface area contributed by atoms with Crippen molar-refractivity contribution in [3.63, 3.8) is 0 Å². The lowest BCUT2D eigenvalue weighted by molar-refractivity contribution is -0.138. The Kier molecular flexibility index (Phi) is 3.66. The second kappa shape index (κ2) is 4.85. The molecule has 1 aliphatic carbocycles. The summed E-state index contributed by atoms with van der Waals surface area (Å²) in [5.41, 5.74) is 0. The number of halogens is 1. The smallest absolute Gasteiger partial charge is 0.308 e. The van der Waals surface area contributed by atoms with Gasteiger partial charge in [-0.05, 0) is 41.9 Å². The van der Waals surface area contributed by atoms with Crippen LogP contribution in [0.4, 0.5) is 0 Å². The monoisotopic (exact) mass is 303 g/mol. The van der Waals surface area contributed by atoms with E-state index in [1.165, 1.54) is 4.88 Å². The minimum absolute atomic E-state index is 0.139. The molecule has 1 aromatic heterocycles. The second-order valence-corrected chi connectivity index (χ2v) is 6.12. The van der Waals surface area contributed by atoms with E-state index in [0.717, 1.165) is 23.9 Å². The molecule has 0 spiro atoms. The number of hydrogen-bond acceptors (Lipinski definition) is 3. The van der Waals surface area contributed by atoms with Gasteiger partial charge in [0.1, 0.15) is 0 Å². The van der Waals surface area contributed by atoms with Crippen molar-refractivity contribution in [2.24, 2.45) is 5.92 Å². The number of carboxylic acid groups (broad SMARTS) is 1. The van der Waals surface area contributed by atoms with Crippen molar-refractivity contribution in [1.29, 1.82) is 0 Å². The van der Waals surface area contributed by atoms with Gasteiger partial charge in [0.2, 0.25) is 0 Å². The van der Waals surface area contributed by atoms with Crippen molar-refractivity contribution in [2.45, 2.75) is 18.9 Å². The minimum Gasteiger partial charge on any atom is -0.481 e. The molecule has 0 radical (unpaired) electrons. The highest BCUT2D eigenvalue weighted by atomic mass is 79.9. The third-order valence-corrected chi connectivity index (χ3v) is 4.73. The average Bonchev–Trinajstić information content (AvgIpc) is 2.93. The summed E-state index contributed by atoms with van der Waals surface area (Å²) < 4.78 is 1.13. The summed E-state index contributed by atoms with van der Waals surface area (Å²) in [6.45, 7) is 0.932. The van der Waals surface area contributed by atoms with Crippen molar-refractivity contribution in [1.82, 2.24) is 4.90 Å². The molecule has 2 unspecified atom stereocenters. The van der Waals surface area contributed by atoms with Gasteiger partial charge in [-0.1, -0.05) is 0 Å². The van der Waals surface area contributed by atoms with Gasteiger partial charge in [-0.25, -0.2) is 0 Å². The summed E-state index contributed by atoms with van der Waals surface area (Å²) in [6.07, 6.45) is 1.80. The maximum absolute atomic E-state index is 10.7. The number of aliphatic carboxylic acids is 1. The molecule has 1 heterocycles. The summed E-state index contributed by atoms with van der Waals surface area (Å²) in [5, 5.41) is 10.9. The van der Waals surface area contributed by atoms with E-state index in [2.05, 4.69) is 32.3 Å². The van der Waals surface area contributed by atoms with Crippen LogP contribution < -0.4 is 0 Å². The lowest BCUT2D eigenvalue weighted by Gasteiger charge is -2.15. The van der Waals surface area contributed by atoms with Gasteiger partial charge >= 0.3 is 5.97 Å². The predicted molar refractivity (Wildman–Crippen MR) is 67.9 cm³/mol. The van der Waals surface area contributed by atoms with Crippen LogP contribution in [0.1, 0.15) is 11.3 Å². The first-order chi connectivity index (χ1) is 7.58. The van der Waals surface area contributed by atoms with Crippen molar-refractivity contribution in [3.8, 4) is 0 Å². The fourth-order valence-corrected chi connectivity index (χ4v) is 3.32. The zero-order valence-electron chi connectivity index (χ0n) is 9.02. The molecule has 1 fully saturated rings. The van der Waals surface area contributed by atoms with Gasteiger partial charge in [-0.3, -0.25) is 4.79 Å². The SMILES string of the molecule is CN(CCc1cc(Br)cs1)C1CC1C(=O)O. The first-order valence-electron chi connectivity index (χ1n) is 5.24. The molecule has 5 heteroatoms. The zero-order chi connectivity index (χ0) is 11.7. The van der Waals surface area contributed by atoms with Crippen LogP contribution >= 0.6 is 27.3 Å². The number of carboxylic acids is 1. The highest BCUT2D eigenvalue weighted by molar-refractivity contribution is 9.10. The Morgan fingerprint density at radius 3 is 3.00 bits per heavy atom. The standard InChI is InChI=1S/C11H14BrNO2S/c1-13(10-5-9(10)11(14)15)3-2-8-4-7(12)6-16-8/h4,6,9-10H,2-3,5H2,1H3,(H,14,15). The van der Waals surface area contributed by atoms with E-state index < -0.39 is 5.97 Å². The fraction of sp³-hybridized carbons (Fsp3) is 0.545. The molecule has 0 amide bonds. The van der Waals surface area contributed by atoms with Crippen molar-refractivity contribution < 1.29 is 9.90 Å². The summed E-state index contributed by atoms with van der Waals surface area (Å²) in [7, 11) is 2.01. The predicted octanol–water partition coefficient (Wildman–Crippen LogP) is 2.46. The third-order valence-electron chi connectivity index (χ3n) is 2.97. The van der Waals surface area contributed by atoms with Crippen LogP contribution in [0, 0.1) is 5.92 Å². The Bertz CT molecular complexity index is 393. The van der Waals surface area contributed by atoms with Gasteiger partial charge in [0, 0.05) is 27.3 Å². The molecular weight excluding hydrogens is 290 g/mol. The molecule has 88 valence electrons. The number of thiophene rings is 1. The maximum atomic E-state index is 10.7. The van der Waals surface area contributed by atoms with E-state index in [0.29, 0.717) is 0 Å². The van der Waals surface area contributed by atoms with Crippen molar-refractivity contribution in [3.05, 3.63) is 20.8 Å². The van der Waals surface area contributed by atoms with Gasteiger partial charge in [0.25, 0.3) is 0 Å². The van der Waals surface area contributed by atoms with Crippen LogP contribution in [0.5, 0.6) is 0 Å². The first kappa shape index (κ1) is 12.1.